The minimum absolute atomic E-state index is 0.168. The van der Waals surface area contributed by atoms with Crippen molar-refractivity contribution in [3.63, 3.8) is 0 Å². The van der Waals surface area contributed by atoms with Crippen LogP contribution in [0.3, 0.4) is 0 Å². The molecule has 0 spiro atoms. The molecule has 170 valence electrons. The average molecular weight is 437 g/mol. The molecule has 2 aromatic heterocycles. The van der Waals surface area contributed by atoms with Crippen molar-refractivity contribution in [1.29, 1.82) is 0 Å². The molecule has 0 amide bonds. The van der Waals surface area contributed by atoms with Gasteiger partial charge in [-0.25, -0.2) is 9.78 Å². The fourth-order valence-corrected chi connectivity index (χ4v) is 3.65. The second-order valence-electron chi connectivity index (χ2n) is 8.63. The maximum Gasteiger partial charge on any atom is 0.328 e. The zero-order valence-electron chi connectivity index (χ0n) is 19.4. The van der Waals surface area contributed by atoms with Crippen molar-refractivity contribution < 1.29 is 9.90 Å². The summed E-state index contributed by atoms with van der Waals surface area (Å²) in [5, 5.41) is 15.4. The molecular formula is C25H32N4O3. The molecule has 3 N–H and O–H groups in total. The Labute approximate surface area is 188 Å². The van der Waals surface area contributed by atoms with Crippen molar-refractivity contribution >= 4 is 17.0 Å². The molecule has 0 aromatic carbocycles. The molecule has 7 heteroatoms. The molecule has 0 bridgehead atoms. The first kappa shape index (κ1) is 24.8. The Kier molecular flexibility index (Phi) is 8.70. The normalized spacial score (nSPS) is 17.2. The topological polar surface area (TPSA) is 112 Å². The molecule has 0 saturated heterocycles. The van der Waals surface area contributed by atoms with E-state index >= 15 is 0 Å². The predicted octanol–water partition coefficient (Wildman–Crippen LogP) is 5.25. The molecule has 2 heterocycles. The molecular weight excluding hydrogens is 404 g/mol. The van der Waals surface area contributed by atoms with Crippen LogP contribution in [0.4, 0.5) is 0 Å². The van der Waals surface area contributed by atoms with Crippen LogP contribution in [-0.2, 0) is 4.79 Å². The lowest BCUT2D eigenvalue weighted by atomic mass is 9.72. The number of carbonyl (C=O) groups is 1. The highest BCUT2D eigenvalue weighted by Crippen LogP contribution is 2.40. The molecule has 1 aliphatic carbocycles. The Balaban J connectivity index is 0.000000297. The third-order valence-corrected chi connectivity index (χ3v) is 5.38. The number of hydrogen-bond acceptors (Lipinski definition) is 4. The second-order valence-corrected chi connectivity index (χ2v) is 8.63. The van der Waals surface area contributed by atoms with Crippen molar-refractivity contribution in [1.82, 2.24) is 20.2 Å². The molecule has 0 radical (unpaired) electrons. The maximum atomic E-state index is 10.9. The van der Waals surface area contributed by atoms with E-state index in [0.717, 1.165) is 11.1 Å². The van der Waals surface area contributed by atoms with E-state index in [1.165, 1.54) is 49.0 Å². The molecule has 1 aliphatic rings. The van der Waals surface area contributed by atoms with Crippen molar-refractivity contribution in [2.75, 3.05) is 0 Å². The summed E-state index contributed by atoms with van der Waals surface area (Å²) in [6.45, 7) is 10.7. The molecule has 2 aromatic rings. The number of aromatic nitrogens is 4. The van der Waals surface area contributed by atoms with Gasteiger partial charge in [0.25, 0.3) is 5.56 Å². The molecule has 0 aliphatic heterocycles. The largest absolute Gasteiger partial charge is 0.478 e. The molecule has 32 heavy (non-hydrogen) atoms. The first-order valence-electron chi connectivity index (χ1n) is 10.6. The fraction of sp³-hybridized carbons (Fsp3) is 0.360. The Hall–Kier alpha value is -3.48. The van der Waals surface area contributed by atoms with Gasteiger partial charge < -0.3 is 10.1 Å². The number of carboxylic acid groups (broad SMARTS) is 1. The van der Waals surface area contributed by atoms with Crippen LogP contribution in [0.5, 0.6) is 0 Å². The number of allylic oxidation sites excluding steroid dienone is 9. The molecule has 0 unspecified atom stereocenters. The highest BCUT2D eigenvalue weighted by atomic mass is 16.4. The third-order valence-electron chi connectivity index (χ3n) is 5.38. The minimum atomic E-state index is -0.912. The minimum Gasteiger partial charge on any atom is -0.478 e. The summed E-state index contributed by atoms with van der Waals surface area (Å²) in [5.74, 6) is -0.912. The van der Waals surface area contributed by atoms with Crippen LogP contribution in [0.15, 0.2) is 76.1 Å². The predicted molar refractivity (Wildman–Crippen MR) is 128 cm³/mol. The first-order chi connectivity index (χ1) is 15.1. The van der Waals surface area contributed by atoms with Crippen LogP contribution in [0.2, 0.25) is 0 Å². The molecule has 0 saturated carbocycles. The number of fused-ring (bicyclic) bond motifs is 1. The quantitative estimate of drug-likeness (QED) is 0.438. The van der Waals surface area contributed by atoms with Crippen LogP contribution in [0.25, 0.3) is 11.0 Å². The lowest BCUT2D eigenvalue weighted by Crippen LogP contribution is -2.19. The SMILES string of the molecule is CC1=C(/C=C/C(C)=C\C=C\C(C)=C\C(=O)O)C(C)(C)CCC1.O=c1[nH]cnc2[nH]ncc12. The number of rotatable bonds is 5. The molecule has 3 rings (SSSR count). The van der Waals surface area contributed by atoms with E-state index < -0.39 is 5.97 Å². The number of nitrogens with zero attached hydrogens (tertiary/aromatic N) is 2. The van der Waals surface area contributed by atoms with Gasteiger partial charge in [-0.15, -0.1) is 0 Å². The van der Waals surface area contributed by atoms with Crippen molar-refractivity contribution in [3.05, 3.63) is 81.6 Å². The van der Waals surface area contributed by atoms with Gasteiger partial charge in [-0.05, 0) is 56.6 Å². The Morgan fingerprint density at radius 1 is 1.22 bits per heavy atom. The number of aromatic amines is 2. The van der Waals surface area contributed by atoms with E-state index in [1.54, 1.807) is 13.0 Å². The van der Waals surface area contributed by atoms with E-state index in [2.05, 4.69) is 60.0 Å². The molecule has 7 nitrogen and oxygen atoms in total. The zero-order valence-corrected chi connectivity index (χ0v) is 19.4. The summed E-state index contributed by atoms with van der Waals surface area (Å²) in [4.78, 5) is 27.7. The van der Waals surface area contributed by atoms with Gasteiger partial charge >= 0.3 is 5.97 Å². The highest BCUT2D eigenvalue weighted by Gasteiger charge is 2.26. The summed E-state index contributed by atoms with van der Waals surface area (Å²) < 4.78 is 0. The standard InChI is InChI=1S/C20H28O2.C5H4N4O/c1-15(8-6-9-16(2)14-19(21)22)11-12-18-17(3)10-7-13-20(18,4)5;10-5-3-1-8-9-4(3)6-2-7-5/h6,8-9,11-12,14H,7,10,13H2,1-5H3,(H,21,22);1-2H,(H2,6,7,8,9,10)/b9-6+,12-11+,15-8-,16-14+;. The van der Waals surface area contributed by atoms with Gasteiger partial charge in [-0.3, -0.25) is 9.89 Å². The van der Waals surface area contributed by atoms with Crippen molar-refractivity contribution in [2.45, 2.75) is 53.9 Å². The number of carboxylic acids is 1. The third kappa shape index (κ3) is 7.34. The van der Waals surface area contributed by atoms with E-state index in [1.807, 2.05) is 12.2 Å². The zero-order chi connectivity index (χ0) is 23.7. The summed E-state index contributed by atoms with van der Waals surface area (Å²) in [6, 6.07) is 0. The van der Waals surface area contributed by atoms with Crippen molar-refractivity contribution in [3.8, 4) is 0 Å². The number of nitrogens with one attached hydrogen (secondary N) is 2. The Morgan fingerprint density at radius 3 is 2.62 bits per heavy atom. The first-order valence-corrected chi connectivity index (χ1v) is 10.6. The Morgan fingerprint density at radius 2 is 1.97 bits per heavy atom. The van der Waals surface area contributed by atoms with Crippen LogP contribution >= 0.6 is 0 Å². The highest BCUT2D eigenvalue weighted by molar-refractivity contribution is 5.81. The number of aliphatic carboxylic acids is 1. The van der Waals surface area contributed by atoms with E-state index in [-0.39, 0.29) is 11.0 Å². The summed E-state index contributed by atoms with van der Waals surface area (Å²) in [6.07, 6.45) is 17.8. The van der Waals surface area contributed by atoms with Crippen LogP contribution in [-0.4, -0.2) is 31.2 Å². The molecule has 0 fully saturated rings. The van der Waals surface area contributed by atoms with Gasteiger partial charge in [0.2, 0.25) is 0 Å². The monoisotopic (exact) mass is 436 g/mol. The van der Waals surface area contributed by atoms with Crippen molar-refractivity contribution in [2.24, 2.45) is 5.41 Å². The summed E-state index contributed by atoms with van der Waals surface area (Å²) in [5.41, 5.74) is 5.44. The summed E-state index contributed by atoms with van der Waals surface area (Å²) >= 11 is 0. The van der Waals surface area contributed by atoms with Gasteiger partial charge in [0.05, 0.1) is 12.5 Å². The van der Waals surface area contributed by atoms with Crippen LogP contribution < -0.4 is 5.56 Å². The number of hydrogen-bond donors (Lipinski definition) is 3. The van der Waals surface area contributed by atoms with E-state index in [9.17, 15) is 9.59 Å². The maximum absolute atomic E-state index is 10.9. The van der Waals surface area contributed by atoms with Gasteiger partial charge in [0, 0.05) is 6.08 Å². The van der Waals surface area contributed by atoms with Gasteiger partial charge in [-0.1, -0.05) is 55.4 Å². The van der Waals surface area contributed by atoms with Crippen LogP contribution in [0.1, 0.15) is 53.9 Å². The Bertz CT molecular complexity index is 1160. The van der Waals surface area contributed by atoms with Crippen LogP contribution in [0, 0.1) is 5.41 Å². The lowest BCUT2D eigenvalue weighted by Gasteiger charge is -2.32. The lowest BCUT2D eigenvalue weighted by molar-refractivity contribution is -0.131. The summed E-state index contributed by atoms with van der Waals surface area (Å²) in [7, 11) is 0. The van der Waals surface area contributed by atoms with Gasteiger partial charge in [0.15, 0.2) is 5.65 Å². The van der Waals surface area contributed by atoms with Gasteiger partial charge in [0.1, 0.15) is 5.39 Å². The second kappa shape index (κ2) is 11.2. The molecule has 0 atom stereocenters. The van der Waals surface area contributed by atoms with Gasteiger partial charge in [-0.2, -0.15) is 5.10 Å². The van der Waals surface area contributed by atoms with E-state index in [4.69, 9.17) is 5.11 Å². The average Bonchev–Trinajstić information content (AvgIpc) is 3.17. The van der Waals surface area contributed by atoms with E-state index in [0.29, 0.717) is 11.0 Å². The number of H-pyrrole nitrogens is 2. The fourth-order valence-electron chi connectivity index (χ4n) is 3.65. The smallest absolute Gasteiger partial charge is 0.328 e.